The maximum atomic E-state index is 13.1. The van der Waals surface area contributed by atoms with Gasteiger partial charge in [0.2, 0.25) is 0 Å². The van der Waals surface area contributed by atoms with Crippen molar-refractivity contribution in [3.05, 3.63) is 89.5 Å². The van der Waals surface area contributed by atoms with E-state index in [4.69, 9.17) is 0 Å². The number of hydrogen-bond donors (Lipinski definition) is 2. The number of amides is 1. The first-order valence-electron chi connectivity index (χ1n) is 11.9. The summed E-state index contributed by atoms with van der Waals surface area (Å²) in [5.74, 6) is -0.265. The molecule has 3 aromatic carbocycles. The normalized spacial score (nSPS) is 17.6. The van der Waals surface area contributed by atoms with Gasteiger partial charge in [-0.1, -0.05) is 48.9 Å². The summed E-state index contributed by atoms with van der Waals surface area (Å²) in [6.45, 7) is 3.24. The van der Waals surface area contributed by atoms with Gasteiger partial charge >= 0.3 is 0 Å². The summed E-state index contributed by atoms with van der Waals surface area (Å²) < 4.78 is 24.4. The van der Waals surface area contributed by atoms with Crippen LogP contribution in [-0.4, -0.2) is 38.6 Å². The molecular weight excluding hydrogens is 458 g/mol. The Balaban J connectivity index is 1.52. The van der Waals surface area contributed by atoms with Gasteiger partial charge in [0.1, 0.15) is 0 Å². The lowest BCUT2D eigenvalue weighted by Crippen LogP contribution is -2.29. The number of rotatable bonds is 6. The van der Waals surface area contributed by atoms with Crippen LogP contribution in [0.3, 0.4) is 0 Å². The fourth-order valence-corrected chi connectivity index (χ4v) is 5.37. The zero-order chi connectivity index (χ0) is 24.4. The zero-order valence-electron chi connectivity index (χ0n) is 19.8. The van der Waals surface area contributed by atoms with Crippen molar-refractivity contribution in [2.75, 3.05) is 30.0 Å². The van der Waals surface area contributed by atoms with E-state index in [2.05, 4.69) is 27.7 Å². The average molecular weight is 488 g/mol. The van der Waals surface area contributed by atoms with Crippen molar-refractivity contribution in [1.82, 2.24) is 4.90 Å². The van der Waals surface area contributed by atoms with Gasteiger partial charge in [-0.2, -0.15) is 0 Å². The van der Waals surface area contributed by atoms with Gasteiger partial charge in [-0.25, -0.2) is 8.42 Å². The number of carbonyl (C=O) groups is 1. The minimum absolute atomic E-state index is 0.180. The van der Waals surface area contributed by atoms with E-state index in [1.165, 1.54) is 37.1 Å². The molecule has 2 heterocycles. The Bertz CT molecular complexity index is 1370. The first-order valence-corrected chi connectivity index (χ1v) is 13.8. The van der Waals surface area contributed by atoms with E-state index in [0.29, 0.717) is 22.5 Å². The Labute approximate surface area is 206 Å². The number of sulfone groups is 1. The monoisotopic (exact) mass is 487 g/mol. The van der Waals surface area contributed by atoms with Crippen LogP contribution in [0.5, 0.6) is 0 Å². The highest BCUT2D eigenvalue weighted by Gasteiger charge is 2.29. The third-order valence-corrected chi connectivity index (χ3v) is 7.66. The van der Waals surface area contributed by atoms with Crippen LogP contribution < -0.4 is 10.6 Å². The van der Waals surface area contributed by atoms with Crippen molar-refractivity contribution in [2.45, 2.75) is 30.7 Å². The summed E-state index contributed by atoms with van der Waals surface area (Å²) in [6.07, 6.45) is 5.01. The van der Waals surface area contributed by atoms with Crippen LogP contribution >= 0.6 is 0 Å². The number of hydrogen-bond acceptors (Lipinski definition) is 5. The Morgan fingerprint density at radius 2 is 1.66 bits per heavy atom. The van der Waals surface area contributed by atoms with E-state index in [1.807, 2.05) is 42.5 Å². The molecule has 180 valence electrons. The van der Waals surface area contributed by atoms with E-state index in [9.17, 15) is 13.2 Å². The molecule has 0 spiro atoms. The Hall–Kier alpha value is -3.42. The molecule has 3 aromatic rings. The standard InChI is InChI=1S/C28H29N3O3S/c1-35(33,34)23-14-15-25-24(18-23)26(28(32)30-25)27(21-8-4-2-5-9-21)29-22-12-10-20(11-13-22)19-31-16-6-3-7-17-31/h2,4-5,8-15,18,29H,3,6-7,16-17,19H2,1H3,(H,30,32). The Morgan fingerprint density at radius 1 is 0.943 bits per heavy atom. The predicted molar refractivity (Wildman–Crippen MR) is 141 cm³/mol. The van der Waals surface area contributed by atoms with Crippen LogP contribution in [0.1, 0.15) is 36.0 Å². The summed E-state index contributed by atoms with van der Waals surface area (Å²) in [4.78, 5) is 15.8. The molecule has 2 aliphatic rings. The lowest BCUT2D eigenvalue weighted by atomic mass is 10.00. The van der Waals surface area contributed by atoms with Gasteiger partial charge in [0.15, 0.2) is 9.84 Å². The molecule has 1 amide bonds. The molecule has 1 fully saturated rings. The van der Waals surface area contributed by atoms with Gasteiger partial charge in [-0.3, -0.25) is 9.69 Å². The van der Waals surface area contributed by atoms with Crippen molar-refractivity contribution >= 4 is 38.4 Å². The van der Waals surface area contributed by atoms with Gasteiger partial charge in [0.25, 0.3) is 5.91 Å². The van der Waals surface area contributed by atoms with Gasteiger partial charge in [0, 0.05) is 29.7 Å². The number of anilines is 2. The van der Waals surface area contributed by atoms with Crippen molar-refractivity contribution in [2.24, 2.45) is 0 Å². The van der Waals surface area contributed by atoms with E-state index >= 15 is 0 Å². The minimum Gasteiger partial charge on any atom is -0.354 e. The third-order valence-electron chi connectivity index (χ3n) is 6.55. The van der Waals surface area contributed by atoms with Gasteiger partial charge < -0.3 is 10.6 Å². The quantitative estimate of drug-likeness (QED) is 0.478. The largest absolute Gasteiger partial charge is 0.354 e. The molecule has 0 bridgehead atoms. The lowest BCUT2D eigenvalue weighted by molar-refractivity contribution is -0.110. The first kappa shape index (κ1) is 23.3. The maximum absolute atomic E-state index is 13.1. The maximum Gasteiger partial charge on any atom is 0.258 e. The van der Waals surface area contributed by atoms with Crippen molar-refractivity contribution in [3.8, 4) is 0 Å². The lowest BCUT2D eigenvalue weighted by Gasteiger charge is -2.26. The highest BCUT2D eigenvalue weighted by atomic mass is 32.2. The molecule has 2 N–H and O–H groups in total. The predicted octanol–water partition coefficient (Wildman–Crippen LogP) is 5.01. The number of fused-ring (bicyclic) bond motifs is 1. The van der Waals surface area contributed by atoms with E-state index < -0.39 is 9.84 Å². The Morgan fingerprint density at radius 3 is 2.34 bits per heavy atom. The van der Waals surface area contributed by atoms with Crippen molar-refractivity contribution in [3.63, 3.8) is 0 Å². The first-order chi connectivity index (χ1) is 16.9. The Kier molecular flexibility index (Phi) is 6.45. The highest BCUT2D eigenvalue weighted by molar-refractivity contribution is 7.90. The number of piperidine rings is 1. The fraction of sp³-hybridized carbons (Fsp3) is 0.250. The molecule has 7 heteroatoms. The molecule has 5 rings (SSSR count). The number of likely N-dealkylation sites (tertiary alicyclic amines) is 1. The number of nitrogens with zero attached hydrogens (tertiary/aromatic N) is 1. The third kappa shape index (κ3) is 5.16. The molecule has 0 atom stereocenters. The smallest absolute Gasteiger partial charge is 0.258 e. The molecule has 35 heavy (non-hydrogen) atoms. The van der Waals surface area contributed by atoms with Crippen molar-refractivity contribution in [1.29, 1.82) is 0 Å². The minimum atomic E-state index is -3.42. The van der Waals surface area contributed by atoms with Crippen LogP contribution in [-0.2, 0) is 21.2 Å². The average Bonchev–Trinajstić information content (AvgIpc) is 3.19. The molecule has 6 nitrogen and oxygen atoms in total. The van der Waals surface area contributed by atoms with Crippen molar-refractivity contribution < 1.29 is 13.2 Å². The van der Waals surface area contributed by atoms with Gasteiger partial charge in [-0.15, -0.1) is 0 Å². The SMILES string of the molecule is CS(=O)(=O)c1ccc2c(c1)C(=C(Nc1ccc(CN3CCCCC3)cc1)c1ccccc1)C(=O)N2. The van der Waals surface area contributed by atoms with E-state index in [-0.39, 0.29) is 10.8 Å². The highest BCUT2D eigenvalue weighted by Crippen LogP contribution is 2.38. The summed E-state index contributed by atoms with van der Waals surface area (Å²) in [5.41, 5.74) is 5.20. The van der Waals surface area contributed by atoms with Crippen LogP contribution in [0.4, 0.5) is 11.4 Å². The molecule has 1 saturated heterocycles. The molecule has 0 aliphatic carbocycles. The summed E-state index contributed by atoms with van der Waals surface area (Å²) in [7, 11) is -3.42. The zero-order valence-corrected chi connectivity index (χ0v) is 20.6. The summed E-state index contributed by atoms with van der Waals surface area (Å²) in [5, 5.41) is 6.33. The fourth-order valence-electron chi connectivity index (χ4n) is 4.72. The topological polar surface area (TPSA) is 78.5 Å². The summed E-state index contributed by atoms with van der Waals surface area (Å²) >= 11 is 0. The molecular formula is C28H29N3O3S. The second kappa shape index (κ2) is 9.68. The van der Waals surface area contributed by atoms with Crippen LogP contribution in [0.15, 0.2) is 77.7 Å². The molecule has 0 saturated carbocycles. The molecule has 2 aliphatic heterocycles. The number of carbonyl (C=O) groups excluding carboxylic acids is 1. The van der Waals surface area contributed by atoms with Crippen LogP contribution in [0, 0.1) is 0 Å². The second-order valence-electron chi connectivity index (χ2n) is 9.21. The number of benzene rings is 3. The van der Waals surface area contributed by atoms with Gasteiger partial charge in [-0.05, 0) is 67.4 Å². The molecule has 0 unspecified atom stereocenters. The van der Waals surface area contributed by atoms with E-state index in [0.717, 1.165) is 30.9 Å². The van der Waals surface area contributed by atoms with Gasteiger partial charge in [0.05, 0.1) is 16.2 Å². The van der Waals surface area contributed by atoms with Crippen LogP contribution in [0.2, 0.25) is 0 Å². The second-order valence-corrected chi connectivity index (χ2v) is 11.2. The van der Waals surface area contributed by atoms with E-state index in [1.54, 1.807) is 12.1 Å². The number of nitrogens with one attached hydrogen (secondary N) is 2. The molecule has 0 radical (unpaired) electrons. The van der Waals surface area contributed by atoms with Crippen LogP contribution in [0.25, 0.3) is 11.3 Å². The molecule has 0 aromatic heterocycles. The summed E-state index contributed by atoms with van der Waals surface area (Å²) in [6, 6.07) is 22.7.